The molecule has 0 N–H and O–H groups in total. The lowest BCUT2D eigenvalue weighted by atomic mass is 10.0. The summed E-state index contributed by atoms with van der Waals surface area (Å²) in [7, 11) is 1.59. The number of hydrogen-bond acceptors (Lipinski definition) is 4. The Morgan fingerprint density at radius 2 is 1.86 bits per heavy atom. The molecule has 0 saturated heterocycles. The molecule has 0 radical (unpaired) electrons. The predicted octanol–water partition coefficient (Wildman–Crippen LogP) is 2.90. The van der Waals surface area contributed by atoms with Crippen LogP contribution in [0.3, 0.4) is 0 Å². The van der Waals surface area contributed by atoms with E-state index in [1.807, 2.05) is 48.5 Å². The van der Waals surface area contributed by atoms with Crippen LogP contribution in [0, 0.1) is 0 Å². The van der Waals surface area contributed by atoms with Gasteiger partial charge in [0, 0.05) is 23.9 Å². The summed E-state index contributed by atoms with van der Waals surface area (Å²) in [6.07, 6.45) is 1.87. The second-order valence-electron chi connectivity index (χ2n) is 6.69. The van der Waals surface area contributed by atoms with Gasteiger partial charge in [-0.3, -0.25) is 9.59 Å². The molecule has 142 valence electrons. The molecule has 3 aromatic rings. The highest BCUT2D eigenvalue weighted by atomic mass is 16.5. The number of rotatable bonds is 4. The van der Waals surface area contributed by atoms with Crippen molar-refractivity contribution in [3.05, 3.63) is 76.6 Å². The SMILES string of the molecule is COc1ccccc1-c1ccc(=O)n(CC(=O)N2CCCc3ccccc32)n1. The Morgan fingerprint density at radius 1 is 1.07 bits per heavy atom. The molecule has 28 heavy (non-hydrogen) atoms. The summed E-state index contributed by atoms with van der Waals surface area (Å²) in [4.78, 5) is 27.0. The fourth-order valence-corrected chi connectivity index (χ4v) is 3.57. The Balaban J connectivity index is 1.64. The Kier molecular flexibility index (Phi) is 4.93. The van der Waals surface area contributed by atoms with E-state index < -0.39 is 0 Å². The number of aryl methyl sites for hydroxylation is 1. The van der Waals surface area contributed by atoms with E-state index in [9.17, 15) is 9.59 Å². The van der Waals surface area contributed by atoms with E-state index in [1.54, 1.807) is 18.1 Å². The van der Waals surface area contributed by atoms with E-state index in [0.717, 1.165) is 29.7 Å². The van der Waals surface area contributed by atoms with Crippen molar-refractivity contribution in [3.63, 3.8) is 0 Å². The first-order chi connectivity index (χ1) is 13.7. The molecule has 1 aromatic heterocycles. The standard InChI is InChI=1S/C22H21N3O3/c1-28-20-11-5-3-9-17(20)18-12-13-21(26)25(23-18)15-22(27)24-14-6-8-16-7-2-4-10-19(16)24/h2-5,7,9-13H,6,8,14-15H2,1H3. The van der Waals surface area contributed by atoms with Gasteiger partial charge in [-0.05, 0) is 42.7 Å². The second-order valence-corrected chi connectivity index (χ2v) is 6.69. The van der Waals surface area contributed by atoms with Gasteiger partial charge < -0.3 is 9.64 Å². The minimum atomic E-state index is -0.308. The highest BCUT2D eigenvalue weighted by molar-refractivity contribution is 5.94. The fourth-order valence-electron chi connectivity index (χ4n) is 3.57. The van der Waals surface area contributed by atoms with Crippen LogP contribution in [0.25, 0.3) is 11.3 Å². The Hall–Kier alpha value is -3.41. The van der Waals surface area contributed by atoms with Crippen molar-refractivity contribution in [1.29, 1.82) is 0 Å². The number of carbonyl (C=O) groups excluding carboxylic acids is 1. The van der Waals surface area contributed by atoms with Gasteiger partial charge in [-0.25, -0.2) is 4.68 Å². The molecule has 0 saturated carbocycles. The minimum Gasteiger partial charge on any atom is -0.496 e. The molecule has 4 rings (SSSR count). The normalized spacial score (nSPS) is 13.1. The van der Waals surface area contributed by atoms with Gasteiger partial charge in [-0.2, -0.15) is 5.10 Å². The first kappa shape index (κ1) is 18.0. The summed E-state index contributed by atoms with van der Waals surface area (Å²) in [6.45, 7) is 0.549. The number of carbonyl (C=O) groups is 1. The number of amides is 1. The van der Waals surface area contributed by atoms with Gasteiger partial charge in [-0.15, -0.1) is 0 Å². The van der Waals surface area contributed by atoms with Crippen LogP contribution in [0.4, 0.5) is 5.69 Å². The van der Waals surface area contributed by atoms with Crippen molar-refractivity contribution in [2.45, 2.75) is 19.4 Å². The molecule has 2 heterocycles. The molecular formula is C22H21N3O3. The van der Waals surface area contributed by atoms with Crippen LogP contribution in [0.5, 0.6) is 5.75 Å². The third-order valence-corrected chi connectivity index (χ3v) is 4.95. The highest BCUT2D eigenvalue weighted by Crippen LogP contribution is 2.28. The number of ether oxygens (including phenoxy) is 1. The molecule has 1 amide bonds. The van der Waals surface area contributed by atoms with E-state index >= 15 is 0 Å². The van der Waals surface area contributed by atoms with Crippen molar-refractivity contribution in [2.75, 3.05) is 18.6 Å². The van der Waals surface area contributed by atoms with E-state index in [2.05, 4.69) is 5.10 Å². The van der Waals surface area contributed by atoms with E-state index in [-0.39, 0.29) is 18.0 Å². The minimum absolute atomic E-state index is 0.101. The third kappa shape index (κ3) is 3.41. The van der Waals surface area contributed by atoms with E-state index in [4.69, 9.17) is 4.74 Å². The topological polar surface area (TPSA) is 64.4 Å². The number of hydrogen-bond donors (Lipinski definition) is 0. The summed E-state index contributed by atoms with van der Waals surface area (Å²) in [6, 6.07) is 18.5. The smallest absolute Gasteiger partial charge is 0.267 e. The molecule has 0 aliphatic carbocycles. The van der Waals surface area contributed by atoms with Gasteiger partial charge >= 0.3 is 0 Å². The summed E-state index contributed by atoms with van der Waals surface area (Å²) in [5.41, 5.74) is 3.13. The quantitative estimate of drug-likeness (QED) is 0.703. The first-order valence-corrected chi connectivity index (χ1v) is 9.27. The van der Waals surface area contributed by atoms with Gasteiger partial charge in [0.05, 0.1) is 12.8 Å². The van der Waals surface area contributed by atoms with Crippen LogP contribution in [0.2, 0.25) is 0 Å². The third-order valence-electron chi connectivity index (χ3n) is 4.95. The first-order valence-electron chi connectivity index (χ1n) is 9.27. The molecular weight excluding hydrogens is 354 g/mol. The number of aromatic nitrogens is 2. The number of fused-ring (bicyclic) bond motifs is 1. The average molecular weight is 375 g/mol. The van der Waals surface area contributed by atoms with Gasteiger partial charge in [-0.1, -0.05) is 30.3 Å². The number of nitrogens with zero attached hydrogens (tertiary/aromatic N) is 3. The van der Waals surface area contributed by atoms with Crippen LogP contribution in [0.15, 0.2) is 65.5 Å². The molecule has 6 nitrogen and oxygen atoms in total. The summed E-state index contributed by atoms with van der Waals surface area (Å²) < 4.78 is 6.61. The summed E-state index contributed by atoms with van der Waals surface area (Å²) in [5.74, 6) is 0.524. The van der Waals surface area contributed by atoms with Gasteiger partial charge in [0.1, 0.15) is 12.3 Å². The molecule has 6 heteroatoms. The summed E-state index contributed by atoms with van der Waals surface area (Å²) >= 11 is 0. The predicted molar refractivity (Wildman–Crippen MR) is 108 cm³/mol. The molecule has 0 bridgehead atoms. The number of methoxy groups -OCH3 is 1. The van der Waals surface area contributed by atoms with Crippen molar-refractivity contribution in [2.24, 2.45) is 0 Å². The maximum Gasteiger partial charge on any atom is 0.267 e. The lowest BCUT2D eigenvalue weighted by molar-refractivity contribution is -0.119. The maximum atomic E-state index is 13.0. The molecule has 1 aliphatic rings. The number of anilines is 1. The van der Waals surface area contributed by atoms with E-state index in [0.29, 0.717) is 18.0 Å². The van der Waals surface area contributed by atoms with E-state index in [1.165, 1.54) is 10.7 Å². The van der Waals surface area contributed by atoms with Crippen molar-refractivity contribution in [1.82, 2.24) is 9.78 Å². The van der Waals surface area contributed by atoms with Crippen LogP contribution in [-0.2, 0) is 17.8 Å². The van der Waals surface area contributed by atoms with Gasteiger partial charge in [0.2, 0.25) is 5.91 Å². The fraction of sp³-hybridized carbons (Fsp3) is 0.227. The molecule has 0 unspecified atom stereocenters. The number of para-hydroxylation sites is 2. The van der Waals surface area contributed by atoms with Crippen LogP contribution in [0.1, 0.15) is 12.0 Å². The molecule has 1 aliphatic heterocycles. The van der Waals surface area contributed by atoms with Gasteiger partial charge in [0.15, 0.2) is 0 Å². The second kappa shape index (κ2) is 7.68. The molecule has 2 aromatic carbocycles. The van der Waals surface area contributed by atoms with Crippen molar-refractivity contribution in [3.8, 4) is 17.0 Å². The zero-order chi connectivity index (χ0) is 19.5. The lowest BCUT2D eigenvalue weighted by Gasteiger charge is -2.29. The molecule has 0 spiro atoms. The Labute approximate surface area is 163 Å². The summed E-state index contributed by atoms with van der Waals surface area (Å²) in [5, 5.41) is 4.42. The average Bonchev–Trinajstić information content (AvgIpc) is 2.74. The molecule has 0 fully saturated rings. The number of benzene rings is 2. The van der Waals surface area contributed by atoms with Crippen LogP contribution < -0.4 is 15.2 Å². The van der Waals surface area contributed by atoms with Gasteiger partial charge in [0.25, 0.3) is 5.56 Å². The van der Waals surface area contributed by atoms with Crippen LogP contribution in [-0.4, -0.2) is 29.3 Å². The maximum absolute atomic E-state index is 13.0. The lowest BCUT2D eigenvalue weighted by Crippen LogP contribution is -2.40. The zero-order valence-electron chi connectivity index (χ0n) is 15.7. The van der Waals surface area contributed by atoms with Crippen molar-refractivity contribution < 1.29 is 9.53 Å². The monoisotopic (exact) mass is 375 g/mol. The van der Waals surface area contributed by atoms with Crippen molar-refractivity contribution >= 4 is 11.6 Å². The van der Waals surface area contributed by atoms with Crippen LogP contribution >= 0.6 is 0 Å². The Morgan fingerprint density at radius 3 is 2.71 bits per heavy atom. The molecule has 0 atom stereocenters. The largest absolute Gasteiger partial charge is 0.496 e. The zero-order valence-corrected chi connectivity index (χ0v) is 15.7. The highest BCUT2D eigenvalue weighted by Gasteiger charge is 2.23. The Bertz CT molecular complexity index is 1070.